The van der Waals surface area contributed by atoms with Gasteiger partial charge in [-0.3, -0.25) is 4.79 Å². The Kier molecular flexibility index (Phi) is 5.78. The summed E-state index contributed by atoms with van der Waals surface area (Å²) in [5.41, 5.74) is -0.503. The van der Waals surface area contributed by atoms with E-state index >= 15 is 0 Å². The van der Waals surface area contributed by atoms with Gasteiger partial charge in [0.1, 0.15) is 0 Å². The van der Waals surface area contributed by atoms with Gasteiger partial charge >= 0.3 is 12.0 Å². The van der Waals surface area contributed by atoms with Gasteiger partial charge in [-0.15, -0.1) is 0 Å². The van der Waals surface area contributed by atoms with E-state index in [2.05, 4.69) is 5.32 Å². The number of nitrogens with one attached hydrogen (secondary N) is 1. The Balaban J connectivity index is 2.39. The van der Waals surface area contributed by atoms with Crippen LogP contribution in [0.15, 0.2) is 0 Å². The van der Waals surface area contributed by atoms with Crippen molar-refractivity contribution in [2.24, 2.45) is 0 Å². The molecule has 0 aliphatic heterocycles. The number of rotatable bonds is 7. The lowest BCUT2D eigenvalue weighted by Gasteiger charge is -2.42. The highest BCUT2D eigenvalue weighted by molar-refractivity contribution is 7.98. The van der Waals surface area contributed by atoms with Crippen LogP contribution in [0.2, 0.25) is 0 Å². The van der Waals surface area contributed by atoms with Gasteiger partial charge in [-0.2, -0.15) is 11.8 Å². The number of hydrogen-bond acceptors (Lipinski definition) is 3. The zero-order valence-corrected chi connectivity index (χ0v) is 11.9. The second-order valence-electron chi connectivity index (χ2n) is 4.90. The van der Waals surface area contributed by atoms with E-state index in [-0.39, 0.29) is 12.5 Å². The third-order valence-electron chi connectivity index (χ3n) is 3.36. The fourth-order valence-electron chi connectivity index (χ4n) is 2.11. The highest BCUT2D eigenvalue weighted by Crippen LogP contribution is 2.35. The molecule has 0 spiro atoms. The number of nitrogens with zero attached hydrogens (tertiary/aromatic N) is 1. The number of thioether (sulfide) groups is 1. The largest absolute Gasteiger partial charge is 0.481 e. The Morgan fingerprint density at radius 3 is 2.56 bits per heavy atom. The van der Waals surface area contributed by atoms with Crippen LogP contribution in [-0.2, 0) is 4.79 Å². The maximum Gasteiger partial charge on any atom is 0.317 e. The first-order valence-electron chi connectivity index (χ1n) is 6.23. The van der Waals surface area contributed by atoms with E-state index in [4.69, 9.17) is 5.11 Å². The molecule has 0 heterocycles. The molecule has 2 N–H and O–H groups in total. The van der Waals surface area contributed by atoms with E-state index in [9.17, 15) is 9.59 Å². The number of carbonyl (C=O) groups excluding carboxylic acids is 1. The molecule has 0 bridgehead atoms. The van der Waals surface area contributed by atoms with Crippen LogP contribution < -0.4 is 5.32 Å². The zero-order valence-electron chi connectivity index (χ0n) is 11.1. The summed E-state index contributed by atoms with van der Waals surface area (Å²) in [6, 6.07) is -0.156. The zero-order chi connectivity index (χ0) is 13.6. The van der Waals surface area contributed by atoms with Gasteiger partial charge in [-0.25, -0.2) is 4.79 Å². The summed E-state index contributed by atoms with van der Waals surface area (Å²) >= 11 is 1.76. The summed E-state index contributed by atoms with van der Waals surface area (Å²) in [5, 5.41) is 11.8. The van der Waals surface area contributed by atoms with Crippen LogP contribution in [-0.4, -0.2) is 53.1 Å². The molecule has 0 radical (unpaired) electrons. The second kappa shape index (κ2) is 6.87. The fraction of sp³-hybridized carbons (Fsp3) is 0.833. The lowest BCUT2D eigenvalue weighted by Crippen LogP contribution is -2.57. The van der Waals surface area contributed by atoms with Gasteiger partial charge in [0.25, 0.3) is 0 Å². The highest BCUT2D eigenvalue weighted by atomic mass is 32.2. The van der Waals surface area contributed by atoms with Crippen molar-refractivity contribution in [3.8, 4) is 0 Å². The molecule has 0 saturated heterocycles. The van der Waals surface area contributed by atoms with E-state index in [1.807, 2.05) is 6.26 Å². The molecule has 0 atom stereocenters. The third-order valence-corrected chi connectivity index (χ3v) is 4.06. The van der Waals surface area contributed by atoms with Crippen molar-refractivity contribution in [3.05, 3.63) is 0 Å². The molecule has 2 amide bonds. The number of carbonyl (C=O) groups is 2. The van der Waals surface area contributed by atoms with E-state index in [1.54, 1.807) is 23.7 Å². The minimum atomic E-state index is -0.847. The molecule has 0 aromatic rings. The third kappa shape index (κ3) is 4.40. The molecule has 5 nitrogen and oxygen atoms in total. The Labute approximate surface area is 112 Å². The van der Waals surface area contributed by atoms with E-state index in [0.717, 1.165) is 31.4 Å². The first-order valence-corrected chi connectivity index (χ1v) is 7.62. The van der Waals surface area contributed by atoms with Crippen LogP contribution in [0.25, 0.3) is 0 Å². The summed E-state index contributed by atoms with van der Waals surface area (Å²) in [6.45, 7) is 0.704. The van der Waals surface area contributed by atoms with Gasteiger partial charge in [-0.1, -0.05) is 0 Å². The first-order chi connectivity index (χ1) is 8.49. The molecule has 18 heavy (non-hydrogen) atoms. The Hall–Kier alpha value is -0.910. The molecule has 104 valence electrons. The highest BCUT2D eigenvalue weighted by Gasteiger charge is 2.40. The SMILES string of the molecule is CSCCCN(C)C(=O)NC1(CC(=O)O)CCC1. The quantitative estimate of drug-likeness (QED) is 0.694. The fourth-order valence-corrected chi connectivity index (χ4v) is 2.53. The lowest BCUT2D eigenvalue weighted by atomic mass is 9.74. The number of hydrogen-bond donors (Lipinski definition) is 2. The number of aliphatic carboxylic acids is 1. The predicted molar refractivity (Wildman–Crippen MR) is 73.0 cm³/mol. The smallest absolute Gasteiger partial charge is 0.317 e. The van der Waals surface area contributed by atoms with Crippen LogP contribution in [0, 0.1) is 0 Å². The van der Waals surface area contributed by atoms with Gasteiger partial charge in [-0.05, 0) is 37.7 Å². The van der Waals surface area contributed by atoms with E-state index in [0.29, 0.717) is 6.54 Å². The van der Waals surface area contributed by atoms with Crippen LogP contribution >= 0.6 is 11.8 Å². The average Bonchev–Trinajstić information content (AvgIpc) is 2.25. The van der Waals surface area contributed by atoms with Crippen molar-refractivity contribution in [2.75, 3.05) is 25.6 Å². The van der Waals surface area contributed by atoms with Gasteiger partial charge in [0.2, 0.25) is 0 Å². The summed E-state index contributed by atoms with van der Waals surface area (Å²) in [5.74, 6) is 0.178. The summed E-state index contributed by atoms with van der Waals surface area (Å²) in [7, 11) is 1.75. The predicted octanol–water partition coefficient (Wildman–Crippen LogP) is 1.78. The van der Waals surface area contributed by atoms with E-state index in [1.165, 1.54) is 0 Å². The van der Waals surface area contributed by atoms with Crippen molar-refractivity contribution < 1.29 is 14.7 Å². The van der Waals surface area contributed by atoms with Crippen LogP contribution in [0.1, 0.15) is 32.1 Å². The Bertz CT molecular complexity index is 306. The monoisotopic (exact) mass is 274 g/mol. The summed E-state index contributed by atoms with van der Waals surface area (Å²) in [4.78, 5) is 24.4. The Morgan fingerprint density at radius 2 is 2.11 bits per heavy atom. The Morgan fingerprint density at radius 1 is 1.44 bits per heavy atom. The molecule has 1 aliphatic carbocycles. The minimum absolute atomic E-state index is 0.0252. The number of urea groups is 1. The van der Waals surface area contributed by atoms with Crippen molar-refractivity contribution in [1.29, 1.82) is 0 Å². The van der Waals surface area contributed by atoms with Crippen LogP contribution in [0.3, 0.4) is 0 Å². The second-order valence-corrected chi connectivity index (χ2v) is 5.89. The van der Waals surface area contributed by atoms with Crippen molar-refractivity contribution in [1.82, 2.24) is 10.2 Å². The molecule has 0 aromatic carbocycles. The van der Waals surface area contributed by atoms with Crippen molar-refractivity contribution in [3.63, 3.8) is 0 Å². The molecular formula is C12H22N2O3S. The molecule has 1 aliphatic rings. The first kappa shape index (κ1) is 15.1. The van der Waals surface area contributed by atoms with Crippen molar-refractivity contribution in [2.45, 2.75) is 37.6 Å². The van der Waals surface area contributed by atoms with Gasteiger partial charge in [0, 0.05) is 13.6 Å². The lowest BCUT2D eigenvalue weighted by molar-refractivity contribution is -0.139. The summed E-state index contributed by atoms with van der Waals surface area (Å²) < 4.78 is 0. The maximum atomic E-state index is 11.9. The molecule has 0 aromatic heterocycles. The van der Waals surface area contributed by atoms with Crippen molar-refractivity contribution >= 4 is 23.8 Å². The average molecular weight is 274 g/mol. The molecular weight excluding hydrogens is 252 g/mol. The van der Waals surface area contributed by atoms with Crippen LogP contribution in [0.5, 0.6) is 0 Å². The van der Waals surface area contributed by atoms with Gasteiger partial charge < -0.3 is 15.3 Å². The number of amides is 2. The van der Waals surface area contributed by atoms with Gasteiger partial charge in [0.15, 0.2) is 0 Å². The number of carboxylic acids is 1. The topological polar surface area (TPSA) is 69.6 Å². The van der Waals surface area contributed by atoms with Gasteiger partial charge in [0.05, 0.1) is 12.0 Å². The van der Waals surface area contributed by atoms with Crippen LogP contribution in [0.4, 0.5) is 4.79 Å². The molecule has 0 unspecified atom stereocenters. The molecule has 1 fully saturated rings. The molecule has 6 heteroatoms. The normalized spacial score (nSPS) is 16.8. The molecule has 1 saturated carbocycles. The minimum Gasteiger partial charge on any atom is -0.481 e. The summed E-state index contributed by atoms with van der Waals surface area (Å²) in [6.07, 6.45) is 5.54. The number of carboxylic acid groups (broad SMARTS) is 1. The molecule has 1 rings (SSSR count). The maximum absolute atomic E-state index is 11.9. The van der Waals surface area contributed by atoms with E-state index < -0.39 is 11.5 Å². The standard InChI is InChI=1S/C12H22N2O3S/c1-14(7-4-8-18-2)11(17)13-12(5-3-6-12)9-10(15)16/h3-9H2,1-2H3,(H,13,17)(H,15,16).